The van der Waals surface area contributed by atoms with Crippen LogP contribution in [0.4, 0.5) is 0 Å². The number of hydrogen-bond acceptors (Lipinski definition) is 8. The second kappa shape index (κ2) is 14.3. The molecular weight excluding hydrogens is 715 g/mol. The van der Waals surface area contributed by atoms with Gasteiger partial charge in [0.05, 0.1) is 45.2 Å². The number of methoxy groups -OCH3 is 2. The van der Waals surface area contributed by atoms with Crippen LogP contribution in [-0.2, 0) is 11.4 Å². The molecule has 0 N–H and O–H groups in total. The molecule has 0 saturated heterocycles. The SMILES string of the molecule is CCN(CC)C(=O)C1=C(C)N=c2s/c(=C/c3cc(I)c(OCc4ccccc4C#N)c(OC)c3)c(=O)n2[C@H]1c1ccccc1OC. The molecule has 0 radical (unpaired) electrons. The fourth-order valence-electron chi connectivity index (χ4n) is 5.48. The predicted octanol–water partition coefficient (Wildman–Crippen LogP) is 5.18. The molecule has 0 spiro atoms. The summed E-state index contributed by atoms with van der Waals surface area (Å²) in [5.41, 5.74) is 3.51. The summed E-state index contributed by atoms with van der Waals surface area (Å²) in [7, 11) is 3.14. The van der Waals surface area contributed by atoms with Gasteiger partial charge in [-0.2, -0.15) is 5.26 Å². The van der Waals surface area contributed by atoms with E-state index in [0.717, 1.165) is 14.7 Å². The van der Waals surface area contributed by atoms with E-state index >= 15 is 0 Å². The number of amides is 1. The lowest BCUT2D eigenvalue weighted by molar-refractivity contribution is -0.127. The van der Waals surface area contributed by atoms with Crippen molar-refractivity contribution in [3.05, 3.63) is 117 Å². The Morgan fingerprint density at radius 2 is 1.78 bits per heavy atom. The fourth-order valence-corrected chi connectivity index (χ4v) is 7.31. The van der Waals surface area contributed by atoms with Gasteiger partial charge in [0.25, 0.3) is 11.5 Å². The molecule has 1 aromatic heterocycles. The van der Waals surface area contributed by atoms with Gasteiger partial charge in [-0.15, -0.1) is 0 Å². The molecule has 0 aliphatic carbocycles. The summed E-state index contributed by atoms with van der Waals surface area (Å²) >= 11 is 3.44. The van der Waals surface area contributed by atoms with Crippen LogP contribution in [0.15, 0.2) is 81.7 Å². The number of fused-ring (bicyclic) bond motifs is 1. The van der Waals surface area contributed by atoms with E-state index in [4.69, 9.17) is 19.2 Å². The molecule has 11 heteroatoms. The third-order valence-corrected chi connectivity index (χ3v) is 9.58. The Labute approximate surface area is 284 Å². The summed E-state index contributed by atoms with van der Waals surface area (Å²) in [6, 6.07) is 19.9. The van der Waals surface area contributed by atoms with Gasteiger partial charge in [0, 0.05) is 24.2 Å². The van der Waals surface area contributed by atoms with Gasteiger partial charge >= 0.3 is 0 Å². The lowest BCUT2D eigenvalue weighted by Crippen LogP contribution is -2.43. The zero-order valence-electron chi connectivity index (χ0n) is 26.2. The number of halogens is 1. The van der Waals surface area contributed by atoms with Gasteiger partial charge in [0.1, 0.15) is 18.4 Å². The fraction of sp³-hybridized carbons (Fsp3) is 0.257. The van der Waals surface area contributed by atoms with E-state index in [0.29, 0.717) is 62.1 Å². The molecule has 0 fully saturated rings. The molecule has 46 heavy (non-hydrogen) atoms. The molecular formula is C35H33IN4O5S. The van der Waals surface area contributed by atoms with Crippen LogP contribution in [0.5, 0.6) is 17.2 Å². The summed E-state index contributed by atoms with van der Waals surface area (Å²) in [6.45, 7) is 6.94. The minimum absolute atomic E-state index is 0.163. The maximum atomic E-state index is 14.2. The first kappa shape index (κ1) is 33.0. The topological polar surface area (TPSA) is 106 Å². The average Bonchev–Trinajstić information content (AvgIpc) is 3.37. The van der Waals surface area contributed by atoms with E-state index in [1.165, 1.54) is 11.3 Å². The van der Waals surface area contributed by atoms with Crippen molar-refractivity contribution < 1.29 is 19.0 Å². The van der Waals surface area contributed by atoms with E-state index in [1.807, 2.05) is 75.4 Å². The molecule has 1 atom stereocenters. The monoisotopic (exact) mass is 748 g/mol. The Hall–Kier alpha value is -4.41. The van der Waals surface area contributed by atoms with Crippen LogP contribution in [0.25, 0.3) is 6.08 Å². The molecule has 4 aromatic rings. The minimum atomic E-state index is -0.718. The van der Waals surface area contributed by atoms with E-state index < -0.39 is 6.04 Å². The third-order valence-electron chi connectivity index (χ3n) is 7.80. The number of benzene rings is 3. The van der Waals surface area contributed by atoms with Gasteiger partial charge in [0.2, 0.25) is 0 Å². The molecule has 0 unspecified atom stereocenters. The average molecular weight is 749 g/mol. The number of ether oxygens (including phenoxy) is 3. The smallest absolute Gasteiger partial charge is 0.271 e. The first-order valence-electron chi connectivity index (χ1n) is 14.7. The van der Waals surface area contributed by atoms with Crippen molar-refractivity contribution in [1.29, 1.82) is 5.26 Å². The zero-order chi connectivity index (χ0) is 33.0. The van der Waals surface area contributed by atoms with Crippen LogP contribution >= 0.6 is 33.9 Å². The van der Waals surface area contributed by atoms with Crippen LogP contribution in [0.1, 0.15) is 49.1 Å². The minimum Gasteiger partial charge on any atom is -0.496 e. The zero-order valence-corrected chi connectivity index (χ0v) is 29.1. The molecule has 0 saturated carbocycles. The van der Waals surface area contributed by atoms with Crippen LogP contribution < -0.4 is 29.1 Å². The van der Waals surface area contributed by atoms with Crippen molar-refractivity contribution in [3.63, 3.8) is 0 Å². The quantitative estimate of drug-likeness (QED) is 0.207. The first-order chi connectivity index (χ1) is 22.3. The highest BCUT2D eigenvalue weighted by atomic mass is 127. The lowest BCUT2D eigenvalue weighted by Gasteiger charge is -2.29. The van der Waals surface area contributed by atoms with E-state index in [2.05, 4.69) is 28.7 Å². The van der Waals surface area contributed by atoms with E-state index in [9.17, 15) is 14.9 Å². The maximum absolute atomic E-state index is 14.2. The summed E-state index contributed by atoms with van der Waals surface area (Å²) < 4.78 is 20.3. The molecule has 0 bridgehead atoms. The molecule has 1 aliphatic rings. The molecule has 2 heterocycles. The van der Waals surface area contributed by atoms with Crippen molar-refractivity contribution in [2.24, 2.45) is 4.99 Å². The Bertz CT molecular complexity index is 2060. The summed E-state index contributed by atoms with van der Waals surface area (Å²) in [4.78, 5) is 35.1. The lowest BCUT2D eigenvalue weighted by atomic mass is 9.94. The van der Waals surface area contributed by atoms with Gasteiger partial charge in [-0.25, -0.2) is 4.99 Å². The number of aromatic nitrogens is 1. The van der Waals surface area contributed by atoms with Gasteiger partial charge in [-0.3, -0.25) is 14.2 Å². The van der Waals surface area contributed by atoms with Crippen LogP contribution in [-0.4, -0.2) is 42.7 Å². The summed E-state index contributed by atoms with van der Waals surface area (Å²) in [5, 5.41) is 9.44. The maximum Gasteiger partial charge on any atom is 0.271 e. The largest absolute Gasteiger partial charge is 0.496 e. The number of carbonyl (C=O) groups excluding carboxylic acids is 1. The molecule has 1 aliphatic heterocycles. The second-order valence-corrected chi connectivity index (χ2v) is 12.6. The number of nitriles is 1. The molecule has 236 valence electrons. The Kier molecular flexibility index (Phi) is 10.3. The van der Waals surface area contributed by atoms with E-state index in [1.54, 1.807) is 35.8 Å². The van der Waals surface area contributed by atoms with Crippen molar-refractivity contribution in [2.75, 3.05) is 27.3 Å². The number of thiazole rings is 1. The highest BCUT2D eigenvalue weighted by Crippen LogP contribution is 2.37. The number of para-hydroxylation sites is 1. The number of carbonyl (C=O) groups is 1. The first-order valence-corrected chi connectivity index (χ1v) is 16.6. The van der Waals surface area contributed by atoms with Crippen LogP contribution in [0.3, 0.4) is 0 Å². The van der Waals surface area contributed by atoms with Crippen molar-refractivity contribution in [2.45, 2.75) is 33.4 Å². The highest BCUT2D eigenvalue weighted by Gasteiger charge is 2.35. The normalized spacial score (nSPS) is 14.3. The van der Waals surface area contributed by atoms with Gasteiger partial charge in [-0.1, -0.05) is 47.7 Å². The predicted molar refractivity (Wildman–Crippen MR) is 186 cm³/mol. The third kappa shape index (κ3) is 6.32. The van der Waals surface area contributed by atoms with Gasteiger partial charge in [-0.05, 0) is 79.3 Å². The Balaban J connectivity index is 1.61. The number of rotatable bonds is 10. The highest BCUT2D eigenvalue weighted by molar-refractivity contribution is 14.1. The van der Waals surface area contributed by atoms with Crippen molar-refractivity contribution in [1.82, 2.24) is 9.47 Å². The molecule has 9 nitrogen and oxygen atoms in total. The number of allylic oxidation sites excluding steroid dienone is 1. The van der Waals surface area contributed by atoms with E-state index in [-0.39, 0.29) is 18.1 Å². The number of hydrogen-bond donors (Lipinski definition) is 0. The standard InChI is InChI=1S/C35H33IN4O5S/c1-6-39(7-2)34(42)30-21(3)38-35-40(31(30)25-14-10-11-15-27(25)43-4)33(41)29(46-35)18-22-16-26(36)32(28(17-22)44-5)45-20-24-13-9-8-12-23(24)19-37/h8-18,31H,6-7,20H2,1-5H3/b29-18+/t31-/m0/s1. The summed E-state index contributed by atoms with van der Waals surface area (Å²) in [6.07, 6.45) is 1.80. The number of nitrogens with zero attached hydrogens (tertiary/aromatic N) is 4. The molecule has 3 aromatic carbocycles. The number of likely N-dealkylation sites (N-methyl/N-ethyl adjacent to an activating group) is 1. The van der Waals surface area contributed by atoms with Crippen LogP contribution in [0.2, 0.25) is 0 Å². The van der Waals surface area contributed by atoms with Gasteiger partial charge in [0.15, 0.2) is 16.3 Å². The Morgan fingerprint density at radius 3 is 2.48 bits per heavy atom. The van der Waals surface area contributed by atoms with Gasteiger partial charge < -0.3 is 19.1 Å². The van der Waals surface area contributed by atoms with Crippen molar-refractivity contribution in [3.8, 4) is 23.3 Å². The Morgan fingerprint density at radius 1 is 1.09 bits per heavy atom. The second-order valence-electron chi connectivity index (χ2n) is 10.4. The van der Waals surface area contributed by atoms with Crippen molar-refractivity contribution >= 4 is 45.9 Å². The molecule has 5 rings (SSSR count). The summed E-state index contributed by atoms with van der Waals surface area (Å²) in [5.74, 6) is 1.45. The van der Waals surface area contributed by atoms with Crippen LogP contribution in [0, 0.1) is 14.9 Å². The molecule has 1 amide bonds.